The molecule has 6 nitrogen and oxygen atoms in total. The van der Waals surface area contributed by atoms with E-state index in [1.165, 1.54) is 13.3 Å². The quantitative estimate of drug-likeness (QED) is 0.733. The average Bonchev–Trinajstić information content (AvgIpc) is 2.31. The largest absolute Gasteiger partial charge is 0.469 e. The first-order valence-corrected chi connectivity index (χ1v) is 5.58. The van der Waals surface area contributed by atoms with Gasteiger partial charge in [-0.2, -0.15) is 0 Å². The molecule has 0 saturated carbocycles. The second kappa shape index (κ2) is 6.58. The third kappa shape index (κ3) is 4.82. The summed E-state index contributed by atoms with van der Waals surface area (Å²) in [5, 5.41) is 2.70. The van der Waals surface area contributed by atoms with Gasteiger partial charge in [0, 0.05) is 11.7 Å². The molecule has 0 fully saturated rings. The number of nitrogen functional groups attached to an aromatic ring is 1. The van der Waals surface area contributed by atoms with E-state index in [-0.39, 0.29) is 30.8 Å². The Balaban J connectivity index is 2.41. The molecule has 1 rings (SSSR count). The Labute approximate surface area is 106 Å². The number of esters is 1. The topological polar surface area (TPSA) is 94.3 Å². The highest BCUT2D eigenvalue weighted by Gasteiger charge is 2.12. The van der Waals surface area contributed by atoms with E-state index in [9.17, 15) is 9.59 Å². The highest BCUT2D eigenvalue weighted by Crippen LogP contribution is 2.02. The van der Waals surface area contributed by atoms with Gasteiger partial charge in [-0.15, -0.1) is 0 Å². The van der Waals surface area contributed by atoms with Crippen molar-refractivity contribution in [2.45, 2.75) is 25.8 Å². The number of anilines is 1. The van der Waals surface area contributed by atoms with Crippen LogP contribution in [0.2, 0.25) is 0 Å². The lowest BCUT2D eigenvalue weighted by Gasteiger charge is -2.12. The van der Waals surface area contributed by atoms with Crippen molar-refractivity contribution in [3.05, 3.63) is 24.0 Å². The van der Waals surface area contributed by atoms with Crippen molar-refractivity contribution in [2.24, 2.45) is 0 Å². The Morgan fingerprint density at radius 2 is 2.22 bits per heavy atom. The molecule has 0 bridgehead atoms. The van der Waals surface area contributed by atoms with Crippen molar-refractivity contribution in [1.82, 2.24) is 10.3 Å². The van der Waals surface area contributed by atoms with Crippen molar-refractivity contribution in [2.75, 3.05) is 12.8 Å². The minimum Gasteiger partial charge on any atom is -0.469 e. The van der Waals surface area contributed by atoms with E-state index in [1.807, 2.05) is 0 Å². The van der Waals surface area contributed by atoms with Gasteiger partial charge in [-0.3, -0.25) is 14.6 Å². The predicted octanol–water partition coefficient (Wildman–Crippen LogP) is 0.274. The number of nitrogens with one attached hydrogen (secondary N) is 1. The molecule has 0 aliphatic rings. The normalized spacial score (nSPS) is 11.7. The number of carbonyl (C=O) groups is 2. The summed E-state index contributed by atoms with van der Waals surface area (Å²) in [7, 11) is 1.31. The van der Waals surface area contributed by atoms with Gasteiger partial charge in [0.25, 0.3) is 0 Å². The van der Waals surface area contributed by atoms with E-state index in [0.29, 0.717) is 11.4 Å². The molecule has 1 amide bonds. The number of nitrogens with zero attached hydrogens (tertiary/aromatic N) is 1. The molecule has 0 saturated heterocycles. The Morgan fingerprint density at radius 1 is 1.50 bits per heavy atom. The summed E-state index contributed by atoms with van der Waals surface area (Å²) in [6.45, 7) is 1.74. The summed E-state index contributed by atoms with van der Waals surface area (Å²) in [6, 6.07) is 3.12. The molecule has 6 heteroatoms. The predicted molar refractivity (Wildman–Crippen MR) is 66.6 cm³/mol. The summed E-state index contributed by atoms with van der Waals surface area (Å²) in [4.78, 5) is 26.7. The first-order valence-electron chi connectivity index (χ1n) is 5.58. The minimum atomic E-state index is -0.353. The van der Waals surface area contributed by atoms with Gasteiger partial charge in [0.2, 0.25) is 5.91 Å². The van der Waals surface area contributed by atoms with Crippen LogP contribution in [0, 0.1) is 0 Å². The molecule has 18 heavy (non-hydrogen) atoms. The standard InChI is InChI=1S/C12H17N3O3/c1-8(5-12(17)18-2)15-11(16)6-10-4-3-9(13)7-14-10/h3-4,7-8H,5-6,13H2,1-2H3,(H,15,16). The van der Waals surface area contributed by atoms with E-state index < -0.39 is 0 Å². The van der Waals surface area contributed by atoms with Gasteiger partial charge in [0.15, 0.2) is 0 Å². The lowest BCUT2D eigenvalue weighted by atomic mass is 10.2. The van der Waals surface area contributed by atoms with Gasteiger partial charge >= 0.3 is 5.97 Å². The second-order valence-corrected chi connectivity index (χ2v) is 4.01. The number of pyridine rings is 1. The molecular formula is C12H17N3O3. The Morgan fingerprint density at radius 3 is 2.78 bits per heavy atom. The highest BCUT2D eigenvalue weighted by atomic mass is 16.5. The lowest BCUT2D eigenvalue weighted by Crippen LogP contribution is -2.35. The number of rotatable bonds is 5. The third-order valence-electron chi connectivity index (χ3n) is 2.30. The molecule has 1 unspecified atom stereocenters. The van der Waals surface area contributed by atoms with Crippen LogP contribution in [0.5, 0.6) is 0 Å². The maximum atomic E-state index is 11.6. The zero-order chi connectivity index (χ0) is 13.5. The first-order chi connectivity index (χ1) is 8.51. The zero-order valence-corrected chi connectivity index (χ0v) is 10.5. The first kappa shape index (κ1) is 14.0. The fraction of sp³-hybridized carbons (Fsp3) is 0.417. The van der Waals surface area contributed by atoms with Gasteiger partial charge in [0.05, 0.1) is 31.8 Å². The molecule has 0 aromatic carbocycles. The summed E-state index contributed by atoms with van der Waals surface area (Å²) in [5.74, 6) is -0.544. The van der Waals surface area contributed by atoms with Crippen LogP contribution in [0.25, 0.3) is 0 Å². The molecule has 1 aromatic heterocycles. The van der Waals surface area contributed by atoms with Crippen molar-refractivity contribution in [1.29, 1.82) is 0 Å². The van der Waals surface area contributed by atoms with Crippen molar-refractivity contribution in [3.8, 4) is 0 Å². The number of nitrogens with two attached hydrogens (primary N) is 1. The van der Waals surface area contributed by atoms with E-state index in [1.54, 1.807) is 19.1 Å². The number of amides is 1. The Bertz CT molecular complexity index is 417. The van der Waals surface area contributed by atoms with Crippen LogP contribution in [0.3, 0.4) is 0 Å². The van der Waals surface area contributed by atoms with Crippen LogP contribution < -0.4 is 11.1 Å². The van der Waals surface area contributed by atoms with Crippen molar-refractivity contribution >= 4 is 17.6 Å². The van der Waals surface area contributed by atoms with E-state index >= 15 is 0 Å². The van der Waals surface area contributed by atoms with Crippen LogP contribution in [-0.2, 0) is 20.7 Å². The number of aromatic nitrogens is 1. The van der Waals surface area contributed by atoms with E-state index in [0.717, 1.165) is 0 Å². The Kier molecular flexibility index (Phi) is 5.10. The molecule has 1 atom stereocenters. The lowest BCUT2D eigenvalue weighted by molar-refractivity contribution is -0.141. The molecule has 0 aliphatic heterocycles. The number of hydrogen-bond donors (Lipinski definition) is 2. The molecule has 0 spiro atoms. The molecule has 98 valence electrons. The number of carbonyl (C=O) groups excluding carboxylic acids is 2. The van der Waals surface area contributed by atoms with Crippen LogP contribution in [0.1, 0.15) is 19.0 Å². The van der Waals surface area contributed by atoms with E-state index in [2.05, 4.69) is 15.0 Å². The molecule has 3 N–H and O–H groups in total. The Hall–Kier alpha value is -2.11. The number of methoxy groups -OCH3 is 1. The van der Waals surface area contributed by atoms with Gasteiger partial charge < -0.3 is 15.8 Å². The van der Waals surface area contributed by atoms with E-state index in [4.69, 9.17) is 5.73 Å². The maximum absolute atomic E-state index is 11.6. The van der Waals surface area contributed by atoms with Crippen LogP contribution in [0.4, 0.5) is 5.69 Å². The summed E-state index contributed by atoms with van der Waals surface area (Å²) in [5.41, 5.74) is 6.68. The van der Waals surface area contributed by atoms with Crippen molar-refractivity contribution < 1.29 is 14.3 Å². The fourth-order valence-electron chi connectivity index (χ4n) is 1.42. The maximum Gasteiger partial charge on any atom is 0.307 e. The van der Waals surface area contributed by atoms with Gasteiger partial charge in [0.1, 0.15) is 0 Å². The summed E-state index contributed by atoms with van der Waals surface area (Å²) < 4.78 is 4.52. The van der Waals surface area contributed by atoms with Gasteiger partial charge in [-0.25, -0.2) is 0 Å². The summed E-state index contributed by atoms with van der Waals surface area (Å²) >= 11 is 0. The minimum absolute atomic E-state index is 0.150. The summed E-state index contributed by atoms with van der Waals surface area (Å²) in [6.07, 6.45) is 1.81. The SMILES string of the molecule is COC(=O)CC(C)NC(=O)Cc1ccc(N)cn1. The van der Waals surface area contributed by atoms with Gasteiger partial charge in [-0.1, -0.05) is 0 Å². The molecule has 0 aliphatic carbocycles. The second-order valence-electron chi connectivity index (χ2n) is 4.01. The highest BCUT2D eigenvalue weighted by molar-refractivity contribution is 5.79. The monoisotopic (exact) mass is 251 g/mol. The van der Waals surface area contributed by atoms with Gasteiger partial charge in [-0.05, 0) is 19.1 Å². The smallest absolute Gasteiger partial charge is 0.307 e. The van der Waals surface area contributed by atoms with Crippen LogP contribution in [-0.4, -0.2) is 30.0 Å². The zero-order valence-electron chi connectivity index (χ0n) is 10.5. The van der Waals surface area contributed by atoms with Crippen molar-refractivity contribution in [3.63, 3.8) is 0 Å². The molecule has 1 aromatic rings. The fourth-order valence-corrected chi connectivity index (χ4v) is 1.42. The average molecular weight is 251 g/mol. The molecule has 0 radical (unpaired) electrons. The van der Waals surface area contributed by atoms with Crippen LogP contribution in [0.15, 0.2) is 18.3 Å². The van der Waals surface area contributed by atoms with Crippen LogP contribution >= 0.6 is 0 Å². The molecule has 1 heterocycles. The number of ether oxygens (including phenoxy) is 1. The third-order valence-corrected chi connectivity index (χ3v) is 2.30. The molecular weight excluding hydrogens is 234 g/mol. The number of hydrogen-bond acceptors (Lipinski definition) is 5.